The second-order valence-corrected chi connectivity index (χ2v) is 3.96. The molecule has 17 heavy (non-hydrogen) atoms. The van der Waals surface area contributed by atoms with E-state index in [-0.39, 0.29) is 0 Å². The molecular formula is C13H13N3S. The van der Waals surface area contributed by atoms with E-state index in [2.05, 4.69) is 10.4 Å². The summed E-state index contributed by atoms with van der Waals surface area (Å²) >= 11 is 5.18. The fourth-order valence-electron chi connectivity index (χ4n) is 1.40. The van der Waals surface area contributed by atoms with Gasteiger partial charge in [-0.3, -0.25) is 4.99 Å². The molecule has 0 aliphatic rings. The van der Waals surface area contributed by atoms with E-state index in [0.29, 0.717) is 5.17 Å². The van der Waals surface area contributed by atoms with Gasteiger partial charge in [-0.1, -0.05) is 22.9 Å². The smallest absolute Gasteiger partial charge is 0.209 e. The molecule has 1 heterocycles. The molecule has 0 saturated heterocycles. The Balaban J connectivity index is 2.15. The van der Waals surface area contributed by atoms with Crippen molar-refractivity contribution < 1.29 is 4.68 Å². The number of aliphatic imine (C=N–C) groups is 1. The van der Waals surface area contributed by atoms with Crippen molar-refractivity contribution in [3.8, 4) is 0 Å². The second-order valence-electron chi connectivity index (χ2n) is 3.58. The largest absolute Gasteiger partial charge is 0.737 e. The number of nitrogens with zero attached hydrogens (tertiary/aromatic N) is 2. The van der Waals surface area contributed by atoms with E-state index in [0.717, 1.165) is 11.4 Å². The highest BCUT2D eigenvalue weighted by Gasteiger charge is 2.01. The third-order valence-electron chi connectivity index (χ3n) is 2.27. The summed E-state index contributed by atoms with van der Waals surface area (Å²) in [5.74, 6) is 0. The van der Waals surface area contributed by atoms with Gasteiger partial charge in [0.2, 0.25) is 5.69 Å². The van der Waals surface area contributed by atoms with Gasteiger partial charge in [-0.05, 0) is 18.2 Å². The summed E-state index contributed by atoms with van der Waals surface area (Å²) in [6.45, 7) is 2.00. The number of rotatable bonds is 2. The Hall–Kier alpha value is -1.94. The van der Waals surface area contributed by atoms with E-state index in [1.165, 1.54) is 0 Å². The van der Waals surface area contributed by atoms with Crippen LogP contribution in [0.1, 0.15) is 5.69 Å². The lowest BCUT2D eigenvalue weighted by molar-refractivity contribution is -0.646. The Kier molecular flexibility index (Phi) is 3.67. The number of aryl methyl sites for hydroxylation is 1. The zero-order valence-electron chi connectivity index (χ0n) is 9.50. The van der Waals surface area contributed by atoms with Crippen molar-refractivity contribution in [2.24, 2.45) is 4.99 Å². The van der Waals surface area contributed by atoms with Crippen molar-refractivity contribution in [2.75, 3.05) is 5.43 Å². The molecule has 1 N–H and O–H groups in total. The van der Waals surface area contributed by atoms with Crippen LogP contribution in [0.5, 0.6) is 0 Å². The predicted molar refractivity (Wildman–Crippen MR) is 71.6 cm³/mol. The fourth-order valence-corrected chi connectivity index (χ4v) is 1.61. The summed E-state index contributed by atoms with van der Waals surface area (Å²) in [6.07, 6.45) is 1.90. The molecule has 86 valence electrons. The normalized spacial score (nSPS) is 11.2. The third-order valence-corrected chi connectivity index (χ3v) is 2.45. The minimum Gasteiger partial charge on any atom is -0.737 e. The summed E-state index contributed by atoms with van der Waals surface area (Å²) in [7, 11) is 0. The first-order valence-corrected chi connectivity index (χ1v) is 5.71. The highest BCUT2D eigenvalue weighted by molar-refractivity contribution is 7.77. The Morgan fingerprint density at radius 2 is 1.82 bits per heavy atom. The summed E-state index contributed by atoms with van der Waals surface area (Å²) in [4.78, 5) is 4.29. The zero-order valence-corrected chi connectivity index (χ0v) is 10.3. The van der Waals surface area contributed by atoms with Crippen molar-refractivity contribution in [1.29, 1.82) is 0 Å². The van der Waals surface area contributed by atoms with Gasteiger partial charge >= 0.3 is 0 Å². The lowest BCUT2D eigenvalue weighted by Gasteiger charge is -2.09. The lowest BCUT2D eigenvalue weighted by atomic mass is 10.3. The van der Waals surface area contributed by atoms with Crippen molar-refractivity contribution in [3.63, 3.8) is 0 Å². The Labute approximate surface area is 106 Å². The minimum absolute atomic E-state index is 0.440. The summed E-state index contributed by atoms with van der Waals surface area (Å²) < 4.78 is 1.84. The van der Waals surface area contributed by atoms with Crippen LogP contribution in [0, 0.1) is 6.92 Å². The molecule has 0 amide bonds. The van der Waals surface area contributed by atoms with Gasteiger partial charge < -0.3 is 12.6 Å². The SMILES string of the molecule is Cc1cccc[n+]1NC([S-])=Nc1ccccc1. The molecule has 3 nitrogen and oxygen atoms in total. The Bertz CT molecular complexity index is 523. The predicted octanol–water partition coefficient (Wildman–Crippen LogP) is 2.06. The zero-order chi connectivity index (χ0) is 12.1. The standard InChI is InChI=1S/C13H13N3S/c1-11-7-5-6-10-16(11)15-13(17)14-12-8-3-2-4-9-12/h2-10H,1H3,(H-,14,15,17). The quantitative estimate of drug-likeness (QED) is 0.378. The highest BCUT2D eigenvalue weighted by Crippen LogP contribution is 2.09. The summed E-state index contributed by atoms with van der Waals surface area (Å²) in [5, 5.41) is 0.440. The van der Waals surface area contributed by atoms with Crippen LogP contribution in [0.4, 0.5) is 5.69 Å². The van der Waals surface area contributed by atoms with Crippen LogP contribution >= 0.6 is 0 Å². The van der Waals surface area contributed by atoms with Crippen molar-refractivity contribution >= 4 is 23.5 Å². The van der Waals surface area contributed by atoms with Crippen molar-refractivity contribution in [1.82, 2.24) is 0 Å². The molecule has 1 aromatic carbocycles. The molecular weight excluding hydrogens is 230 g/mol. The number of aromatic nitrogens is 1. The van der Waals surface area contributed by atoms with Gasteiger partial charge in [-0.25, -0.2) is 0 Å². The third kappa shape index (κ3) is 3.26. The Morgan fingerprint density at radius 1 is 1.12 bits per heavy atom. The number of amidine groups is 1. The number of benzene rings is 1. The summed E-state index contributed by atoms with van der Waals surface area (Å²) in [6, 6.07) is 15.6. The van der Waals surface area contributed by atoms with Crippen LogP contribution in [0.2, 0.25) is 0 Å². The van der Waals surface area contributed by atoms with Gasteiger partial charge in [0, 0.05) is 24.2 Å². The van der Waals surface area contributed by atoms with E-state index in [9.17, 15) is 0 Å². The Morgan fingerprint density at radius 3 is 2.53 bits per heavy atom. The molecule has 0 unspecified atom stereocenters. The van der Waals surface area contributed by atoms with Gasteiger partial charge in [0.25, 0.3) is 0 Å². The second kappa shape index (κ2) is 5.41. The number of hydrogen-bond donors (Lipinski definition) is 1. The maximum absolute atomic E-state index is 5.18. The van der Waals surface area contributed by atoms with Crippen LogP contribution in [-0.2, 0) is 12.6 Å². The fraction of sp³-hybridized carbons (Fsp3) is 0.0769. The molecule has 0 aliphatic carbocycles. The molecule has 0 spiro atoms. The first kappa shape index (κ1) is 11.5. The average Bonchev–Trinajstić information content (AvgIpc) is 2.33. The first-order valence-electron chi connectivity index (χ1n) is 5.31. The molecule has 0 radical (unpaired) electrons. The van der Waals surface area contributed by atoms with Gasteiger partial charge in [-0.2, -0.15) is 5.43 Å². The van der Waals surface area contributed by atoms with Gasteiger partial charge in [0.1, 0.15) is 0 Å². The maximum Gasteiger partial charge on any atom is 0.209 e. The number of pyridine rings is 1. The first-order chi connectivity index (χ1) is 8.25. The molecule has 2 aromatic rings. The molecule has 0 bridgehead atoms. The highest BCUT2D eigenvalue weighted by atomic mass is 32.1. The average molecular weight is 243 g/mol. The van der Waals surface area contributed by atoms with Crippen LogP contribution in [0.25, 0.3) is 0 Å². The van der Waals surface area contributed by atoms with E-state index < -0.39 is 0 Å². The van der Waals surface area contributed by atoms with E-state index in [1.807, 2.05) is 66.3 Å². The van der Waals surface area contributed by atoms with E-state index in [1.54, 1.807) is 0 Å². The maximum atomic E-state index is 5.18. The molecule has 0 atom stereocenters. The van der Waals surface area contributed by atoms with Gasteiger partial charge in [0.05, 0.1) is 5.69 Å². The van der Waals surface area contributed by atoms with Gasteiger partial charge in [0.15, 0.2) is 6.20 Å². The molecule has 0 saturated carbocycles. The van der Waals surface area contributed by atoms with E-state index in [4.69, 9.17) is 12.6 Å². The monoisotopic (exact) mass is 243 g/mol. The molecule has 1 aromatic heterocycles. The van der Waals surface area contributed by atoms with Crippen molar-refractivity contribution in [2.45, 2.75) is 6.92 Å². The van der Waals surface area contributed by atoms with Crippen LogP contribution in [0.3, 0.4) is 0 Å². The topological polar surface area (TPSA) is 28.3 Å². The summed E-state index contributed by atoms with van der Waals surface area (Å²) in [5.41, 5.74) is 4.95. The molecule has 2 rings (SSSR count). The van der Waals surface area contributed by atoms with Crippen molar-refractivity contribution in [3.05, 3.63) is 60.4 Å². The van der Waals surface area contributed by atoms with Crippen LogP contribution in [0.15, 0.2) is 59.7 Å². The minimum atomic E-state index is 0.440. The van der Waals surface area contributed by atoms with Crippen LogP contribution in [-0.4, -0.2) is 5.17 Å². The lowest BCUT2D eigenvalue weighted by Crippen LogP contribution is -2.49. The van der Waals surface area contributed by atoms with E-state index >= 15 is 0 Å². The van der Waals surface area contributed by atoms with Crippen LogP contribution < -0.4 is 10.1 Å². The molecule has 0 aliphatic heterocycles. The molecule has 0 fully saturated rings. The number of nitrogens with one attached hydrogen (secondary N) is 1. The molecule has 4 heteroatoms. The van der Waals surface area contributed by atoms with Gasteiger partial charge in [-0.15, -0.1) is 0 Å². The number of para-hydroxylation sites is 1. The number of hydrogen-bond acceptors (Lipinski definition) is 2.